The number of H-pyrrole nitrogens is 1. The maximum absolute atomic E-state index is 13.8. The van der Waals surface area contributed by atoms with Crippen molar-refractivity contribution in [1.82, 2.24) is 20.2 Å². The van der Waals surface area contributed by atoms with Gasteiger partial charge in [0.2, 0.25) is 0 Å². The zero-order chi connectivity index (χ0) is 15.1. The van der Waals surface area contributed by atoms with Crippen LogP contribution in [-0.2, 0) is 6.42 Å². The van der Waals surface area contributed by atoms with Gasteiger partial charge in [0.05, 0.1) is 11.2 Å². The molecule has 3 aromatic rings. The number of hydrogen-bond acceptors (Lipinski definition) is 4. The molecule has 0 radical (unpaired) electrons. The first kappa shape index (κ1) is 13.5. The van der Waals surface area contributed by atoms with Crippen LogP contribution in [0, 0.1) is 19.7 Å². The summed E-state index contributed by atoms with van der Waals surface area (Å²) in [7, 11) is 0. The van der Waals surface area contributed by atoms with E-state index in [4.69, 9.17) is 5.73 Å². The number of aromatic amines is 1. The monoisotopic (exact) mass is 285 g/mol. The summed E-state index contributed by atoms with van der Waals surface area (Å²) in [6, 6.07) is 4.08. The molecular weight excluding hydrogens is 269 g/mol. The molecule has 0 amide bonds. The van der Waals surface area contributed by atoms with Crippen LogP contribution in [0.15, 0.2) is 12.1 Å². The Bertz CT molecular complexity index is 838. The van der Waals surface area contributed by atoms with E-state index in [1.165, 1.54) is 0 Å². The summed E-state index contributed by atoms with van der Waals surface area (Å²) in [5, 5.41) is 8.19. The lowest BCUT2D eigenvalue weighted by Gasteiger charge is -2.05. The van der Waals surface area contributed by atoms with E-state index in [9.17, 15) is 4.39 Å². The molecule has 21 heavy (non-hydrogen) atoms. The standard InChI is InChI=1S/C15H16FN5/c1-4-10-11(16)14(17)19-15(18-10)13-9-6-7(2)5-8(3)12(9)20-21-13/h5-6H,4H2,1-3H3,(H,20,21)(H2,17,18,19). The van der Waals surface area contributed by atoms with E-state index >= 15 is 0 Å². The van der Waals surface area contributed by atoms with Crippen LogP contribution in [0.5, 0.6) is 0 Å². The molecule has 0 aliphatic heterocycles. The van der Waals surface area contributed by atoms with Crippen molar-refractivity contribution in [2.75, 3.05) is 5.73 Å². The average Bonchev–Trinajstić information content (AvgIpc) is 2.85. The average molecular weight is 285 g/mol. The second-order valence-electron chi connectivity index (χ2n) is 5.12. The molecule has 0 fully saturated rings. The number of rotatable bonds is 2. The number of halogens is 1. The molecule has 3 rings (SSSR count). The van der Waals surface area contributed by atoms with Gasteiger partial charge in [0, 0.05) is 5.39 Å². The normalized spacial score (nSPS) is 11.2. The molecule has 0 spiro atoms. The van der Waals surface area contributed by atoms with Crippen LogP contribution in [0.2, 0.25) is 0 Å². The van der Waals surface area contributed by atoms with Crippen molar-refractivity contribution in [2.24, 2.45) is 0 Å². The minimum absolute atomic E-state index is 0.141. The lowest BCUT2D eigenvalue weighted by atomic mass is 10.1. The predicted octanol–water partition coefficient (Wildman–Crippen LogP) is 2.92. The number of aromatic nitrogens is 4. The van der Waals surface area contributed by atoms with Crippen LogP contribution in [0.1, 0.15) is 23.7 Å². The Balaban J connectivity index is 2.28. The van der Waals surface area contributed by atoms with Gasteiger partial charge < -0.3 is 5.73 Å². The van der Waals surface area contributed by atoms with Gasteiger partial charge in [-0.25, -0.2) is 14.4 Å². The number of nitrogens with one attached hydrogen (secondary N) is 1. The van der Waals surface area contributed by atoms with Gasteiger partial charge in [-0.2, -0.15) is 5.10 Å². The lowest BCUT2D eigenvalue weighted by molar-refractivity contribution is 0.600. The van der Waals surface area contributed by atoms with Crippen molar-refractivity contribution < 1.29 is 4.39 Å². The van der Waals surface area contributed by atoms with Crippen molar-refractivity contribution in [2.45, 2.75) is 27.2 Å². The fourth-order valence-corrected chi connectivity index (χ4v) is 2.50. The smallest absolute Gasteiger partial charge is 0.186 e. The van der Waals surface area contributed by atoms with E-state index in [1.54, 1.807) is 0 Å². The zero-order valence-corrected chi connectivity index (χ0v) is 12.2. The van der Waals surface area contributed by atoms with Crippen molar-refractivity contribution in [3.63, 3.8) is 0 Å². The predicted molar refractivity (Wildman–Crippen MR) is 80.3 cm³/mol. The molecule has 0 aliphatic rings. The molecule has 0 saturated carbocycles. The van der Waals surface area contributed by atoms with Gasteiger partial charge in [-0.15, -0.1) is 0 Å². The van der Waals surface area contributed by atoms with Gasteiger partial charge in [0.25, 0.3) is 0 Å². The Morgan fingerprint density at radius 2 is 2.00 bits per heavy atom. The zero-order valence-electron chi connectivity index (χ0n) is 12.2. The number of anilines is 1. The van der Waals surface area contributed by atoms with Crippen molar-refractivity contribution in [1.29, 1.82) is 0 Å². The molecule has 0 saturated heterocycles. The molecule has 108 valence electrons. The third-order valence-electron chi connectivity index (χ3n) is 3.51. The summed E-state index contributed by atoms with van der Waals surface area (Å²) in [6.07, 6.45) is 0.450. The number of aryl methyl sites for hydroxylation is 3. The fraction of sp³-hybridized carbons (Fsp3) is 0.267. The van der Waals surface area contributed by atoms with Crippen molar-refractivity contribution >= 4 is 16.7 Å². The molecule has 2 aromatic heterocycles. The lowest BCUT2D eigenvalue weighted by Crippen LogP contribution is -2.05. The second-order valence-corrected chi connectivity index (χ2v) is 5.12. The van der Waals surface area contributed by atoms with E-state index in [2.05, 4.69) is 26.2 Å². The molecule has 5 nitrogen and oxygen atoms in total. The Morgan fingerprint density at radius 3 is 2.71 bits per heavy atom. The molecular formula is C15H16FN5. The first-order chi connectivity index (χ1) is 10.0. The molecule has 0 bridgehead atoms. The molecule has 0 aliphatic carbocycles. The van der Waals surface area contributed by atoms with Gasteiger partial charge >= 0.3 is 0 Å². The third kappa shape index (κ3) is 2.12. The molecule has 3 N–H and O–H groups in total. The maximum atomic E-state index is 13.8. The van der Waals surface area contributed by atoms with E-state index in [-0.39, 0.29) is 5.82 Å². The van der Waals surface area contributed by atoms with Crippen LogP contribution >= 0.6 is 0 Å². The van der Waals surface area contributed by atoms with Crippen LogP contribution in [0.3, 0.4) is 0 Å². The highest BCUT2D eigenvalue weighted by Crippen LogP contribution is 2.28. The van der Waals surface area contributed by atoms with Crippen LogP contribution in [0.25, 0.3) is 22.4 Å². The Hall–Kier alpha value is -2.50. The highest BCUT2D eigenvalue weighted by Gasteiger charge is 2.17. The minimum Gasteiger partial charge on any atom is -0.381 e. The number of hydrogen-bond donors (Lipinski definition) is 2. The van der Waals surface area contributed by atoms with Gasteiger partial charge in [-0.1, -0.05) is 18.6 Å². The van der Waals surface area contributed by atoms with E-state index in [0.717, 1.165) is 22.0 Å². The van der Waals surface area contributed by atoms with Crippen LogP contribution < -0.4 is 5.73 Å². The van der Waals surface area contributed by atoms with E-state index < -0.39 is 5.82 Å². The molecule has 1 aromatic carbocycles. The number of nitrogen functional groups attached to an aromatic ring is 1. The summed E-state index contributed by atoms with van der Waals surface area (Å²) in [4.78, 5) is 8.30. The highest BCUT2D eigenvalue weighted by atomic mass is 19.1. The quantitative estimate of drug-likeness (QED) is 0.758. The van der Waals surface area contributed by atoms with Gasteiger partial charge in [-0.05, 0) is 31.9 Å². The van der Waals surface area contributed by atoms with Crippen LogP contribution in [-0.4, -0.2) is 20.2 Å². The topological polar surface area (TPSA) is 80.5 Å². The number of benzene rings is 1. The van der Waals surface area contributed by atoms with E-state index in [0.29, 0.717) is 23.6 Å². The van der Waals surface area contributed by atoms with Gasteiger partial charge in [0.15, 0.2) is 17.5 Å². The van der Waals surface area contributed by atoms with Gasteiger partial charge in [0.1, 0.15) is 5.69 Å². The molecule has 6 heteroatoms. The Morgan fingerprint density at radius 1 is 1.24 bits per heavy atom. The largest absolute Gasteiger partial charge is 0.381 e. The number of fused-ring (bicyclic) bond motifs is 1. The molecule has 0 unspecified atom stereocenters. The minimum atomic E-state index is -0.548. The van der Waals surface area contributed by atoms with Crippen LogP contribution in [0.4, 0.5) is 10.2 Å². The number of nitrogens with zero attached hydrogens (tertiary/aromatic N) is 3. The third-order valence-corrected chi connectivity index (χ3v) is 3.51. The highest BCUT2D eigenvalue weighted by molar-refractivity contribution is 5.93. The summed E-state index contributed by atoms with van der Waals surface area (Å²) >= 11 is 0. The second kappa shape index (κ2) is 4.80. The first-order valence-electron chi connectivity index (χ1n) is 6.78. The maximum Gasteiger partial charge on any atom is 0.186 e. The summed E-state index contributed by atoms with van der Waals surface area (Å²) in [5.74, 6) is -0.340. The van der Waals surface area contributed by atoms with E-state index in [1.807, 2.05) is 26.8 Å². The van der Waals surface area contributed by atoms with Crippen molar-refractivity contribution in [3.8, 4) is 11.5 Å². The summed E-state index contributed by atoms with van der Waals surface area (Å²) in [5.41, 5.74) is 9.68. The molecule has 2 heterocycles. The Labute approximate surface area is 121 Å². The number of nitrogens with two attached hydrogens (primary N) is 1. The molecule has 0 atom stereocenters. The first-order valence-corrected chi connectivity index (χ1v) is 6.78. The summed E-state index contributed by atoms with van der Waals surface area (Å²) in [6.45, 7) is 5.85. The Kier molecular flexibility index (Phi) is 3.08. The van der Waals surface area contributed by atoms with Crippen molar-refractivity contribution in [3.05, 3.63) is 34.8 Å². The fourth-order valence-electron chi connectivity index (χ4n) is 2.50. The van der Waals surface area contributed by atoms with Gasteiger partial charge in [-0.3, -0.25) is 5.10 Å². The SMILES string of the molecule is CCc1nc(-c2n[nH]c3c(C)cc(C)cc23)nc(N)c1F. The summed E-state index contributed by atoms with van der Waals surface area (Å²) < 4.78 is 13.8.